The third-order valence-corrected chi connectivity index (χ3v) is 4.19. The smallest absolute Gasteiger partial charge is 0.132 e. The SMILES string of the molecule is CSc1ccccc1OCCCCCCNC1CC1. The second-order valence-electron chi connectivity index (χ2n) is 5.14. The van der Waals surface area contributed by atoms with E-state index >= 15 is 0 Å². The molecule has 0 radical (unpaired) electrons. The molecule has 0 aliphatic heterocycles. The van der Waals surface area contributed by atoms with Gasteiger partial charge in [0.25, 0.3) is 0 Å². The molecule has 0 aromatic heterocycles. The molecule has 1 aromatic rings. The third-order valence-electron chi connectivity index (χ3n) is 3.41. The number of thioether (sulfide) groups is 1. The summed E-state index contributed by atoms with van der Waals surface area (Å²) in [7, 11) is 0. The first-order valence-electron chi connectivity index (χ1n) is 7.39. The van der Waals surface area contributed by atoms with Crippen LogP contribution in [0.3, 0.4) is 0 Å². The summed E-state index contributed by atoms with van der Waals surface area (Å²) in [5.41, 5.74) is 0. The van der Waals surface area contributed by atoms with Crippen molar-refractivity contribution >= 4 is 11.8 Å². The maximum absolute atomic E-state index is 5.85. The number of benzene rings is 1. The molecule has 2 rings (SSSR count). The van der Waals surface area contributed by atoms with Crippen LogP contribution >= 0.6 is 11.8 Å². The Bertz CT molecular complexity index is 366. The van der Waals surface area contributed by atoms with Gasteiger partial charge in [-0.05, 0) is 50.6 Å². The molecule has 1 aliphatic rings. The molecule has 1 N–H and O–H groups in total. The van der Waals surface area contributed by atoms with Gasteiger partial charge in [0.1, 0.15) is 5.75 Å². The topological polar surface area (TPSA) is 21.3 Å². The number of unbranched alkanes of at least 4 members (excludes halogenated alkanes) is 3. The van der Waals surface area contributed by atoms with Gasteiger partial charge in [-0.25, -0.2) is 0 Å². The van der Waals surface area contributed by atoms with Crippen LogP contribution in [0.4, 0.5) is 0 Å². The molecule has 106 valence electrons. The summed E-state index contributed by atoms with van der Waals surface area (Å²) in [6.07, 6.45) is 9.92. The summed E-state index contributed by atoms with van der Waals surface area (Å²) in [5.74, 6) is 1.03. The predicted octanol–water partition coefficient (Wildman–Crippen LogP) is 4.10. The number of hydrogen-bond donors (Lipinski definition) is 1. The van der Waals surface area contributed by atoms with Gasteiger partial charge in [0.05, 0.1) is 6.61 Å². The molecule has 0 spiro atoms. The highest BCUT2D eigenvalue weighted by molar-refractivity contribution is 7.98. The largest absolute Gasteiger partial charge is 0.492 e. The Balaban J connectivity index is 1.48. The van der Waals surface area contributed by atoms with Crippen LogP contribution in [0.15, 0.2) is 29.2 Å². The molecule has 3 heteroatoms. The van der Waals surface area contributed by atoms with Crippen molar-refractivity contribution in [3.05, 3.63) is 24.3 Å². The Morgan fingerprint density at radius 3 is 2.74 bits per heavy atom. The van der Waals surface area contributed by atoms with Crippen LogP contribution in [0.2, 0.25) is 0 Å². The van der Waals surface area contributed by atoms with E-state index in [-0.39, 0.29) is 0 Å². The van der Waals surface area contributed by atoms with Gasteiger partial charge < -0.3 is 10.1 Å². The van der Waals surface area contributed by atoms with Crippen LogP contribution in [0.5, 0.6) is 5.75 Å². The van der Waals surface area contributed by atoms with E-state index in [1.54, 1.807) is 11.8 Å². The predicted molar refractivity (Wildman–Crippen MR) is 83.2 cm³/mol. The van der Waals surface area contributed by atoms with Crippen LogP contribution in [0.1, 0.15) is 38.5 Å². The highest BCUT2D eigenvalue weighted by Crippen LogP contribution is 2.27. The minimum absolute atomic E-state index is 0.841. The Morgan fingerprint density at radius 1 is 1.16 bits per heavy atom. The van der Waals surface area contributed by atoms with Crippen molar-refractivity contribution in [2.45, 2.75) is 49.5 Å². The molecule has 0 heterocycles. The van der Waals surface area contributed by atoms with E-state index < -0.39 is 0 Å². The lowest BCUT2D eigenvalue weighted by molar-refractivity contribution is 0.298. The van der Waals surface area contributed by atoms with E-state index in [0.717, 1.165) is 24.8 Å². The second kappa shape index (κ2) is 8.49. The zero-order valence-electron chi connectivity index (χ0n) is 11.9. The molecule has 2 nitrogen and oxygen atoms in total. The molecule has 0 saturated heterocycles. The van der Waals surface area contributed by atoms with Crippen LogP contribution < -0.4 is 10.1 Å². The van der Waals surface area contributed by atoms with Crippen LogP contribution in [0, 0.1) is 0 Å². The lowest BCUT2D eigenvalue weighted by atomic mass is 10.2. The minimum atomic E-state index is 0.841. The zero-order chi connectivity index (χ0) is 13.3. The average molecular weight is 279 g/mol. The van der Waals surface area contributed by atoms with Crippen molar-refractivity contribution in [3.63, 3.8) is 0 Å². The fourth-order valence-corrected chi connectivity index (χ4v) is 2.64. The van der Waals surface area contributed by atoms with E-state index in [0.29, 0.717) is 0 Å². The molecule has 1 saturated carbocycles. The van der Waals surface area contributed by atoms with Gasteiger partial charge in [0.2, 0.25) is 0 Å². The first-order chi connectivity index (χ1) is 9.40. The first-order valence-corrected chi connectivity index (χ1v) is 8.62. The standard InChI is InChI=1S/C16H25NOS/c1-19-16-9-5-4-8-15(16)18-13-7-3-2-6-12-17-14-10-11-14/h4-5,8-9,14,17H,2-3,6-7,10-13H2,1H3. The first kappa shape index (κ1) is 14.7. The van der Waals surface area contributed by atoms with Crippen molar-refractivity contribution in [2.75, 3.05) is 19.4 Å². The number of ether oxygens (including phenoxy) is 1. The van der Waals surface area contributed by atoms with Gasteiger partial charge in [-0.1, -0.05) is 25.0 Å². The summed E-state index contributed by atoms with van der Waals surface area (Å²) in [5, 5.41) is 3.55. The number of rotatable bonds is 10. The third kappa shape index (κ3) is 5.87. The molecule has 0 unspecified atom stereocenters. The molecular formula is C16H25NOS. The minimum Gasteiger partial charge on any atom is -0.492 e. The fraction of sp³-hybridized carbons (Fsp3) is 0.625. The number of para-hydroxylation sites is 1. The van der Waals surface area contributed by atoms with E-state index in [4.69, 9.17) is 4.74 Å². The quantitative estimate of drug-likeness (QED) is 0.514. The molecule has 0 atom stereocenters. The lowest BCUT2D eigenvalue weighted by Crippen LogP contribution is -2.17. The van der Waals surface area contributed by atoms with Crippen molar-refractivity contribution in [3.8, 4) is 5.75 Å². The van der Waals surface area contributed by atoms with E-state index in [1.807, 2.05) is 6.07 Å². The van der Waals surface area contributed by atoms with E-state index in [9.17, 15) is 0 Å². The van der Waals surface area contributed by atoms with Gasteiger partial charge in [0, 0.05) is 10.9 Å². The van der Waals surface area contributed by atoms with Gasteiger partial charge in [-0.3, -0.25) is 0 Å². The van der Waals surface area contributed by atoms with Crippen molar-refractivity contribution in [2.24, 2.45) is 0 Å². The summed E-state index contributed by atoms with van der Waals surface area (Å²) < 4.78 is 5.85. The van der Waals surface area contributed by atoms with Crippen molar-refractivity contribution in [1.82, 2.24) is 5.32 Å². The summed E-state index contributed by atoms with van der Waals surface area (Å²) in [6.45, 7) is 2.04. The highest BCUT2D eigenvalue weighted by Gasteiger charge is 2.19. The van der Waals surface area contributed by atoms with Gasteiger partial charge in [-0.2, -0.15) is 0 Å². The Hall–Kier alpha value is -0.670. The van der Waals surface area contributed by atoms with Crippen LogP contribution in [-0.2, 0) is 0 Å². The zero-order valence-corrected chi connectivity index (χ0v) is 12.7. The highest BCUT2D eigenvalue weighted by atomic mass is 32.2. The Morgan fingerprint density at radius 2 is 1.95 bits per heavy atom. The van der Waals surface area contributed by atoms with Gasteiger partial charge in [0.15, 0.2) is 0 Å². The Kier molecular flexibility index (Phi) is 6.58. The van der Waals surface area contributed by atoms with Gasteiger partial charge >= 0.3 is 0 Å². The summed E-state index contributed by atoms with van der Waals surface area (Å²) >= 11 is 1.75. The van der Waals surface area contributed by atoms with Crippen LogP contribution in [-0.4, -0.2) is 25.4 Å². The lowest BCUT2D eigenvalue weighted by Gasteiger charge is -2.09. The second-order valence-corrected chi connectivity index (χ2v) is 5.99. The normalized spacial score (nSPS) is 14.6. The molecule has 1 aromatic carbocycles. The fourth-order valence-electron chi connectivity index (χ4n) is 2.09. The molecule has 1 aliphatic carbocycles. The summed E-state index contributed by atoms with van der Waals surface area (Å²) in [6, 6.07) is 9.13. The molecule has 1 fully saturated rings. The van der Waals surface area contributed by atoms with Gasteiger partial charge in [-0.15, -0.1) is 11.8 Å². The molecule has 19 heavy (non-hydrogen) atoms. The van der Waals surface area contributed by atoms with Crippen LogP contribution in [0.25, 0.3) is 0 Å². The number of hydrogen-bond acceptors (Lipinski definition) is 3. The maximum atomic E-state index is 5.85. The van der Waals surface area contributed by atoms with E-state index in [2.05, 4.69) is 29.8 Å². The number of nitrogens with one attached hydrogen (secondary N) is 1. The van der Waals surface area contributed by atoms with Crippen molar-refractivity contribution < 1.29 is 4.74 Å². The Labute approximate surface area is 121 Å². The molecule has 0 amide bonds. The monoisotopic (exact) mass is 279 g/mol. The van der Waals surface area contributed by atoms with Crippen molar-refractivity contribution in [1.29, 1.82) is 0 Å². The molecular weight excluding hydrogens is 254 g/mol. The average Bonchev–Trinajstić information content (AvgIpc) is 3.26. The molecule has 0 bridgehead atoms. The maximum Gasteiger partial charge on any atom is 0.132 e. The van der Waals surface area contributed by atoms with E-state index in [1.165, 1.54) is 43.5 Å². The summed E-state index contributed by atoms with van der Waals surface area (Å²) in [4.78, 5) is 1.23.